The molecule has 0 saturated heterocycles. The smallest absolute Gasteiger partial charge is 0.307 e. The lowest BCUT2D eigenvalue weighted by atomic mass is 9.93. The minimum atomic E-state index is -0.887. The van der Waals surface area contributed by atoms with Crippen LogP contribution in [0.2, 0.25) is 0 Å². The molecule has 0 radical (unpaired) electrons. The maximum atomic E-state index is 11.8. The fourth-order valence-corrected chi connectivity index (χ4v) is 3.36. The SMILES string of the molecule is COc1cc(CCC(S)C(Cc2ccc(N)nc2)C(=O)O)cc(OC)c1OC. The lowest BCUT2D eigenvalue weighted by Crippen LogP contribution is -2.27. The Bertz CT molecular complexity index is 773. The van der Waals surface area contributed by atoms with Crippen molar-refractivity contribution in [1.29, 1.82) is 0 Å². The van der Waals surface area contributed by atoms with Crippen LogP contribution in [-0.2, 0) is 17.6 Å². The molecule has 0 bridgehead atoms. The van der Waals surface area contributed by atoms with Crippen molar-refractivity contribution >= 4 is 24.4 Å². The quantitative estimate of drug-likeness (QED) is 0.521. The van der Waals surface area contributed by atoms with Crippen LogP contribution in [0.5, 0.6) is 17.2 Å². The second kappa shape index (κ2) is 10.1. The number of nitrogens with zero attached hydrogens (tertiary/aromatic N) is 1. The average molecular weight is 407 g/mol. The first kappa shape index (κ1) is 21.7. The van der Waals surface area contributed by atoms with Crippen molar-refractivity contribution in [3.05, 3.63) is 41.6 Å². The molecule has 8 heteroatoms. The van der Waals surface area contributed by atoms with Crippen LogP contribution in [0, 0.1) is 5.92 Å². The summed E-state index contributed by atoms with van der Waals surface area (Å²) in [5, 5.41) is 9.30. The number of aliphatic carboxylic acids is 1. The Balaban J connectivity index is 2.10. The van der Waals surface area contributed by atoms with E-state index in [0.29, 0.717) is 42.3 Å². The molecule has 28 heavy (non-hydrogen) atoms. The van der Waals surface area contributed by atoms with E-state index in [4.69, 9.17) is 19.9 Å². The molecular weight excluding hydrogens is 380 g/mol. The van der Waals surface area contributed by atoms with Crippen LogP contribution >= 0.6 is 12.6 Å². The average Bonchev–Trinajstić information content (AvgIpc) is 2.70. The number of carbonyl (C=O) groups is 1. The van der Waals surface area contributed by atoms with Crippen molar-refractivity contribution in [3.8, 4) is 17.2 Å². The molecule has 2 unspecified atom stereocenters. The second-order valence-corrected chi connectivity index (χ2v) is 7.04. The number of hydrogen-bond donors (Lipinski definition) is 3. The Kier molecular flexibility index (Phi) is 7.80. The van der Waals surface area contributed by atoms with Gasteiger partial charge in [0.2, 0.25) is 5.75 Å². The number of nitrogen functional groups attached to an aromatic ring is 1. The molecule has 2 rings (SSSR count). The molecule has 3 N–H and O–H groups in total. The summed E-state index contributed by atoms with van der Waals surface area (Å²) in [4.78, 5) is 15.8. The number of ether oxygens (including phenoxy) is 3. The van der Waals surface area contributed by atoms with Crippen LogP contribution in [0.15, 0.2) is 30.5 Å². The van der Waals surface area contributed by atoms with Gasteiger partial charge in [-0.25, -0.2) is 4.98 Å². The highest BCUT2D eigenvalue weighted by Gasteiger charge is 2.26. The molecule has 0 spiro atoms. The number of nitrogens with two attached hydrogens (primary N) is 1. The molecule has 1 aromatic carbocycles. The van der Waals surface area contributed by atoms with Gasteiger partial charge in [0.05, 0.1) is 27.2 Å². The largest absolute Gasteiger partial charge is 0.493 e. The summed E-state index contributed by atoms with van der Waals surface area (Å²) >= 11 is 4.57. The van der Waals surface area contributed by atoms with Crippen LogP contribution in [-0.4, -0.2) is 42.6 Å². The van der Waals surface area contributed by atoms with E-state index in [9.17, 15) is 9.90 Å². The first-order chi connectivity index (χ1) is 13.4. The van der Waals surface area contributed by atoms with Gasteiger partial charge < -0.3 is 25.1 Å². The van der Waals surface area contributed by atoms with Crippen molar-refractivity contribution in [2.75, 3.05) is 27.1 Å². The Morgan fingerprint density at radius 1 is 1.14 bits per heavy atom. The van der Waals surface area contributed by atoms with Gasteiger partial charge in [0.1, 0.15) is 5.82 Å². The molecule has 152 valence electrons. The minimum Gasteiger partial charge on any atom is -0.493 e. The lowest BCUT2D eigenvalue weighted by molar-refractivity contribution is -0.141. The summed E-state index contributed by atoms with van der Waals surface area (Å²) in [7, 11) is 4.67. The van der Waals surface area contributed by atoms with Gasteiger partial charge in [0.15, 0.2) is 11.5 Å². The zero-order valence-corrected chi connectivity index (χ0v) is 17.1. The first-order valence-corrected chi connectivity index (χ1v) is 9.31. The van der Waals surface area contributed by atoms with E-state index in [1.54, 1.807) is 39.7 Å². The van der Waals surface area contributed by atoms with Crippen molar-refractivity contribution in [2.45, 2.75) is 24.5 Å². The molecular formula is C20H26N2O5S. The van der Waals surface area contributed by atoms with E-state index in [1.165, 1.54) is 0 Å². The molecule has 1 heterocycles. The highest BCUT2D eigenvalue weighted by Crippen LogP contribution is 2.38. The Morgan fingerprint density at radius 3 is 2.25 bits per heavy atom. The van der Waals surface area contributed by atoms with Crippen molar-refractivity contribution in [1.82, 2.24) is 4.98 Å². The number of hydrogen-bond acceptors (Lipinski definition) is 7. The monoisotopic (exact) mass is 406 g/mol. The molecule has 0 fully saturated rings. The summed E-state index contributed by atoms with van der Waals surface area (Å²) in [6, 6.07) is 7.18. The van der Waals surface area contributed by atoms with Gasteiger partial charge in [-0.15, -0.1) is 0 Å². The molecule has 0 aliphatic rings. The maximum absolute atomic E-state index is 11.8. The molecule has 2 aromatic rings. The first-order valence-electron chi connectivity index (χ1n) is 8.79. The van der Waals surface area contributed by atoms with Crippen LogP contribution in [0.4, 0.5) is 5.82 Å². The lowest BCUT2D eigenvalue weighted by Gasteiger charge is -2.20. The third-order valence-electron chi connectivity index (χ3n) is 4.54. The molecule has 0 aliphatic carbocycles. The third-order valence-corrected chi connectivity index (χ3v) is 5.16. The second-order valence-electron chi connectivity index (χ2n) is 6.38. The van der Waals surface area contributed by atoms with Crippen LogP contribution < -0.4 is 19.9 Å². The van der Waals surface area contributed by atoms with Gasteiger partial charge >= 0.3 is 5.97 Å². The number of rotatable bonds is 10. The zero-order chi connectivity index (χ0) is 20.7. The zero-order valence-electron chi connectivity index (χ0n) is 16.2. The molecule has 0 aliphatic heterocycles. The van der Waals surface area contributed by atoms with Gasteiger partial charge in [-0.2, -0.15) is 12.6 Å². The highest BCUT2D eigenvalue weighted by molar-refractivity contribution is 7.81. The number of carboxylic acid groups (broad SMARTS) is 1. The molecule has 7 nitrogen and oxygen atoms in total. The van der Waals surface area contributed by atoms with Gasteiger partial charge in [0.25, 0.3) is 0 Å². The van der Waals surface area contributed by atoms with Gasteiger partial charge in [-0.1, -0.05) is 6.07 Å². The topological polar surface area (TPSA) is 104 Å². The predicted octanol–water partition coefficient (Wildman–Crippen LogP) is 2.86. The van der Waals surface area contributed by atoms with Gasteiger partial charge in [-0.05, 0) is 48.6 Å². The van der Waals surface area contributed by atoms with E-state index in [0.717, 1.165) is 11.1 Å². The molecule has 2 atom stereocenters. The summed E-state index contributed by atoms with van der Waals surface area (Å²) < 4.78 is 16.1. The standard InChI is InChI=1S/C20H26N2O5S/c1-25-15-9-12(10-16(26-2)19(15)27-3)4-6-17(28)14(20(23)24)8-13-5-7-18(21)22-11-13/h5,7,9-11,14,17,28H,4,6,8H2,1-3H3,(H2,21,22)(H,23,24). The predicted molar refractivity (Wildman–Crippen MR) is 111 cm³/mol. The summed E-state index contributed by atoms with van der Waals surface area (Å²) in [6.45, 7) is 0. The number of pyridine rings is 1. The fourth-order valence-electron chi connectivity index (χ4n) is 2.99. The Hall–Kier alpha value is -2.61. The number of carboxylic acids is 1. The van der Waals surface area contributed by atoms with E-state index in [-0.39, 0.29) is 5.25 Å². The summed E-state index contributed by atoms with van der Waals surface area (Å²) in [6.07, 6.45) is 3.13. The third kappa shape index (κ3) is 5.45. The molecule has 0 amide bonds. The normalized spacial score (nSPS) is 12.9. The van der Waals surface area contributed by atoms with Gasteiger partial charge in [-0.3, -0.25) is 4.79 Å². The maximum Gasteiger partial charge on any atom is 0.307 e. The number of aryl methyl sites for hydroxylation is 1. The highest BCUT2D eigenvalue weighted by atomic mass is 32.1. The number of methoxy groups -OCH3 is 3. The van der Waals surface area contributed by atoms with Crippen molar-refractivity contribution < 1.29 is 24.1 Å². The fraction of sp³-hybridized carbons (Fsp3) is 0.400. The van der Waals surface area contributed by atoms with Crippen molar-refractivity contribution in [3.63, 3.8) is 0 Å². The van der Waals surface area contributed by atoms with Crippen LogP contribution in [0.3, 0.4) is 0 Å². The van der Waals surface area contributed by atoms with E-state index >= 15 is 0 Å². The summed E-state index contributed by atoms with van der Waals surface area (Å²) in [5.74, 6) is 0.527. The van der Waals surface area contributed by atoms with Gasteiger partial charge in [0, 0.05) is 11.4 Å². The number of aromatic nitrogens is 1. The molecule has 1 aromatic heterocycles. The van der Waals surface area contributed by atoms with Crippen molar-refractivity contribution in [2.24, 2.45) is 5.92 Å². The van der Waals surface area contributed by atoms with Crippen LogP contribution in [0.25, 0.3) is 0 Å². The molecule has 0 saturated carbocycles. The van der Waals surface area contributed by atoms with E-state index < -0.39 is 11.9 Å². The number of thiol groups is 1. The Morgan fingerprint density at radius 2 is 1.79 bits per heavy atom. The number of anilines is 1. The number of benzene rings is 1. The van der Waals surface area contributed by atoms with Crippen LogP contribution in [0.1, 0.15) is 17.5 Å². The Labute approximate surface area is 170 Å². The summed E-state index contributed by atoms with van der Waals surface area (Å²) in [5.41, 5.74) is 7.35. The minimum absolute atomic E-state index is 0.339. The van der Waals surface area contributed by atoms with E-state index in [2.05, 4.69) is 17.6 Å². The van der Waals surface area contributed by atoms with E-state index in [1.807, 2.05) is 12.1 Å².